The summed E-state index contributed by atoms with van der Waals surface area (Å²) in [5, 5.41) is 0. The monoisotopic (exact) mass is 216 g/mol. The lowest BCUT2D eigenvalue weighted by Gasteiger charge is -2.27. The van der Waals surface area contributed by atoms with Crippen molar-refractivity contribution in [3.8, 4) is 0 Å². The Morgan fingerprint density at radius 2 is 2.00 bits per heavy atom. The molecule has 0 radical (unpaired) electrons. The molecule has 0 saturated carbocycles. The first-order valence-electron chi connectivity index (χ1n) is 5.51. The number of carbonyl (C=O) groups excluding carboxylic acids is 1. The highest BCUT2D eigenvalue weighted by Crippen LogP contribution is 2.07. The number of hydrogen-bond acceptors (Lipinski definition) is 3. The van der Waals surface area contributed by atoms with Gasteiger partial charge >= 0.3 is 0 Å². The van der Waals surface area contributed by atoms with Crippen molar-refractivity contribution in [1.29, 1.82) is 0 Å². The maximum atomic E-state index is 11.9. The van der Waals surface area contributed by atoms with Crippen molar-refractivity contribution >= 4 is 5.91 Å². The molecule has 0 heterocycles. The molecule has 0 fully saturated rings. The SMILES string of the molecule is COCCN(C(=O)CC(C)CN)C(C)C. The van der Waals surface area contributed by atoms with Crippen LogP contribution < -0.4 is 5.73 Å². The van der Waals surface area contributed by atoms with Crippen LogP contribution >= 0.6 is 0 Å². The third kappa shape index (κ3) is 5.74. The van der Waals surface area contributed by atoms with Gasteiger partial charge in [-0.15, -0.1) is 0 Å². The van der Waals surface area contributed by atoms with E-state index in [2.05, 4.69) is 0 Å². The van der Waals surface area contributed by atoms with Crippen molar-refractivity contribution in [3.05, 3.63) is 0 Å². The molecule has 0 saturated heterocycles. The van der Waals surface area contributed by atoms with Crippen LogP contribution in [0.1, 0.15) is 27.2 Å². The Bertz CT molecular complexity index is 183. The van der Waals surface area contributed by atoms with E-state index in [1.54, 1.807) is 7.11 Å². The molecule has 0 spiro atoms. The number of nitrogens with two attached hydrogens (primary N) is 1. The summed E-state index contributed by atoms with van der Waals surface area (Å²) in [4.78, 5) is 13.7. The zero-order chi connectivity index (χ0) is 11.8. The summed E-state index contributed by atoms with van der Waals surface area (Å²) < 4.78 is 4.99. The Kier molecular flexibility index (Phi) is 7.34. The first-order valence-corrected chi connectivity index (χ1v) is 5.51. The molecule has 1 unspecified atom stereocenters. The summed E-state index contributed by atoms with van der Waals surface area (Å²) in [7, 11) is 1.64. The Hall–Kier alpha value is -0.610. The fraction of sp³-hybridized carbons (Fsp3) is 0.909. The smallest absolute Gasteiger partial charge is 0.223 e. The minimum atomic E-state index is 0.167. The van der Waals surface area contributed by atoms with Crippen LogP contribution in [0.4, 0.5) is 0 Å². The fourth-order valence-corrected chi connectivity index (χ4v) is 1.36. The number of methoxy groups -OCH3 is 1. The second kappa shape index (κ2) is 7.65. The summed E-state index contributed by atoms with van der Waals surface area (Å²) in [6.07, 6.45) is 0.526. The number of rotatable bonds is 7. The van der Waals surface area contributed by atoms with E-state index in [1.807, 2.05) is 25.7 Å². The van der Waals surface area contributed by atoms with Gasteiger partial charge in [0.2, 0.25) is 5.91 Å². The molecule has 4 nitrogen and oxygen atoms in total. The zero-order valence-corrected chi connectivity index (χ0v) is 10.3. The van der Waals surface area contributed by atoms with E-state index in [-0.39, 0.29) is 17.9 Å². The molecule has 90 valence electrons. The lowest BCUT2D eigenvalue weighted by molar-refractivity contribution is -0.134. The molecule has 4 heteroatoms. The lowest BCUT2D eigenvalue weighted by Crippen LogP contribution is -2.40. The van der Waals surface area contributed by atoms with Crippen molar-refractivity contribution in [1.82, 2.24) is 4.90 Å². The van der Waals surface area contributed by atoms with Gasteiger partial charge in [0, 0.05) is 26.1 Å². The molecule has 1 amide bonds. The van der Waals surface area contributed by atoms with Gasteiger partial charge in [-0.25, -0.2) is 0 Å². The molecule has 2 N–H and O–H groups in total. The summed E-state index contributed by atoms with van der Waals surface area (Å²) in [5.41, 5.74) is 5.50. The van der Waals surface area contributed by atoms with Crippen LogP contribution in [-0.2, 0) is 9.53 Å². The van der Waals surface area contributed by atoms with Crippen LogP contribution in [-0.4, -0.2) is 43.7 Å². The average molecular weight is 216 g/mol. The van der Waals surface area contributed by atoms with E-state index in [1.165, 1.54) is 0 Å². The molecule has 0 aromatic carbocycles. The fourth-order valence-electron chi connectivity index (χ4n) is 1.36. The highest BCUT2D eigenvalue weighted by atomic mass is 16.5. The van der Waals surface area contributed by atoms with Gasteiger partial charge < -0.3 is 15.4 Å². The molecule has 15 heavy (non-hydrogen) atoms. The second-order valence-electron chi connectivity index (χ2n) is 4.22. The third-order valence-corrected chi connectivity index (χ3v) is 2.41. The van der Waals surface area contributed by atoms with Crippen LogP contribution in [0.15, 0.2) is 0 Å². The molecular weight excluding hydrogens is 192 g/mol. The largest absolute Gasteiger partial charge is 0.383 e. The van der Waals surface area contributed by atoms with Gasteiger partial charge in [-0.05, 0) is 26.3 Å². The van der Waals surface area contributed by atoms with Crippen molar-refractivity contribution in [2.45, 2.75) is 33.2 Å². The van der Waals surface area contributed by atoms with E-state index in [0.717, 1.165) is 0 Å². The first kappa shape index (κ1) is 14.4. The van der Waals surface area contributed by atoms with Crippen LogP contribution in [0.5, 0.6) is 0 Å². The van der Waals surface area contributed by atoms with Gasteiger partial charge in [0.15, 0.2) is 0 Å². The van der Waals surface area contributed by atoms with Crippen molar-refractivity contribution < 1.29 is 9.53 Å². The molecule has 0 aliphatic rings. The zero-order valence-electron chi connectivity index (χ0n) is 10.3. The van der Waals surface area contributed by atoms with Gasteiger partial charge in [-0.1, -0.05) is 6.92 Å². The Morgan fingerprint density at radius 1 is 1.40 bits per heavy atom. The van der Waals surface area contributed by atoms with Crippen molar-refractivity contribution in [2.75, 3.05) is 26.8 Å². The second-order valence-corrected chi connectivity index (χ2v) is 4.22. The number of hydrogen-bond donors (Lipinski definition) is 1. The van der Waals surface area contributed by atoms with Gasteiger partial charge in [0.25, 0.3) is 0 Å². The summed E-state index contributed by atoms with van der Waals surface area (Å²) in [6, 6.07) is 0.220. The van der Waals surface area contributed by atoms with Crippen molar-refractivity contribution in [2.24, 2.45) is 11.7 Å². The number of carbonyl (C=O) groups is 1. The van der Waals surface area contributed by atoms with Gasteiger partial charge in [0.1, 0.15) is 0 Å². The van der Waals surface area contributed by atoms with Crippen LogP contribution in [0.3, 0.4) is 0 Å². The topological polar surface area (TPSA) is 55.6 Å². The molecule has 1 atom stereocenters. The number of amides is 1. The Labute approximate surface area is 92.8 Å². The molecular formula is C11H24N2O2. The molecule has 0 aliphatic carbocycles. The van der Waals surface area contributed by atoms with E-state index in [0.29, 0.717) is 26.1 Å². The predicted molar refractivity (Wildman–Crippen MR) is 61.6 cm³/mol. The van der Waals surface area contributed by atoms with E-state index in [4.69, 9.17) is 10.5 Å². The van der Waals surface area contributed by atoms with Crippen LogP contribution in [0, 0.1) is 5.92 Å². The van der Waals surface area contributed by atoms with Crippen LogP contribution in [0.2, 0.25) is 0 Å². The summed E-state index contributed by atoms with van der Waals surface area (Å²) >= 11 is 0. The van der Waals surface area contributed by atoms with Gasteiger partial charge in [-0.2, -0.15) is 0 Å². The summed E-state index contributed by atoms with van der Waals surface area (Å²) in [5.74, 6) is 0.418. The minimum Gasteiger partial charge on any atom is -0.383 e. The van der Waals surface area contributed by atoms with E-state index in [9.17, 15) is 4.79 Å². The van der Waals surface area contributed by atoms with Crippen molar-refractivity contribution in [3.63, 3.8) is 0 Å². The normalized spacial score (nSPS) is 12.9. The molecule has 0 aromatic rings. The van der Waals surface area contributed by atoms with Gasteiger partial charge in [-0.3, -0.25) is 4.79 Å². The Balaban J connectivity index is 4.16. The van der Waals surface area contributed by atoms with Gasteiger partial charge in [0.05, 0.1) is 6.61 Å². The van der Waals surface area contributed by atoms with E-state index < -0.39 is 0 Å². The predicted octanol–water partition coefficient (Wildman–Crippen LogP) is 0.855. The van der Waals surface area contributed by atoms with E-state index >= 15 is 0 Å². The summed E-state index contributed by atoms with van der Waals surface area (Å²) in [6.45, 7) is 7.82. The highest BCUT2D eigenvalue weighted by Gasteiger charge is 2.18. The average Bonchev–Trinajstić information content (AvgIpc) is 2.17. The molecule has 0 aliphatic heterocycles. The standard InChI is InChI=1S/C11H24N2O2/c1-9(2)13(5-6-15-4)11(14)7-10(3)8-12/h9-10H,5-8,12H2,1-4H3. The molecule has 0 rings (SSSR count). The highest BCUT2D eigenvalue weighted by molar-refractivity contribution is 5.76. The third-order valence-electron chi connectivity index (χ3n) is 2.41. The first-order chi connectivity index (χ1) is 7.02. The maximum Gasteiger partial charge on any atom is 0.223 e. The number of nitrogens with zero attached hydrogens (tertiary/aromatic N) is 1. The molecule has 0 bridgehead atoms. The quantitative estimate of drug-likeness (QED) is 0.686. The number of ether oxygens (including phenoxy) is 1. The Morgan fingerprint density at radius 3 is 2.40 bits per heavy atom. The molecule has 0 aromatic heterocycles. The minimum absolute atomic E-state index is 0.167. The maximum absolute atomic E-state index is 11.9. The van der Waals surface area contributed by atoms with Crippen LogP contribution in [0.25, 0.3) is 0 Å². The lowest BCUT2D eigenvalue weighted by atomic mass is 10.1.